The number of rotatable bonds is 9. The van der Waals surface area contributed by atoms with E-state index in [0.717, 1.165) is 28.0 Å². The van der Waals surface area contributed by atoms with Gasteiger partial charge in [-0.3, -0.25) is 10.1 Å². The fourth-order valence-electron chi connectivity index (χ4n) is 3.55. The summed E-state index contributed by atoms with van der Waals surface area (Å²) < 4.78 is 6.02. The number of amides is 1. The predicted octanol–water partition coefficient (Wildman–Crippen LogP) is 3.96. The maximum atomic E-state index is 12.3. The number of H-pyrrole nitrogens is 1. The summed E-state index contributed by atoms with van der Waals surface area (Å²) in [5.74, 6) is 2.34. The Morgan fingerprint density at radius 2 is 1.97 bits per heavy atom. The summed E-state index contributed by atoms with van der Waals surface area (Å²) in [6.45, 7) is 2.65. The highest BCUT2D eigenvalue weighted by Crippen LogP contribution is 2.30. The molecule has 0 atom stereocenters. The minimum Gasteiger partial charge on any atom is -0.457 e. The number of carbonyl (C=O) groups is 1. The van der Waals surface area contributed by atoms with Crippen LogP contribution < -0.4 is 26.1 Å². The largest absolute Gasteiger partial charge is 0.457 e. The number of nitrogens with zero attached hydrogens (tertiary/aromatic N) is 4. The Labute approximate surface area is 214 Å². The van der Waals surface area contributed by atoms with Crippen LogP contribution >= 0.6 is 0 Å². The van der Waals surface area contributed by atoms with E-state index in [1.807, 2.05) is 68.4 Å². The number of hydrogen-bond acceptors (Lipinski definition) is 7. The van der Waals surface area contributed by atoms with Gasteiger partial charge in [-0.1, -0.05) is 6.08 Å². The van der Waals surface area contributed by atoms with Crippen LogP contribution in [0.2, 0.25) is 0 Å². The molecule has 2 aromatic carbocycles. The van der Waals surface area contributed by atoms with Crippen LogP contribution in [0.3, 0.4) is 0 Å². The number of aryl methyl sites for hydroxylation is 1. The Balaban J connectivity index is 1.51. The van der Waals surface area contributed by atoms with Crippen LogP contribution in [-0.4, -0.2) is 47.8 Å². The summed E-state index contributed by atoms with van der Waals surface area (Å²) in [7, 11) is 3.89. The van der Waals surface area contributed by atoms with Gasteiger partial charge in [0, 0.05) is 30.6 Å². The molecule has 1 amide bonds. The first-order valence-corrected chi connectivity index (χ1v) is 11.6. The molecule has 0 radical (unpaired) electrons. The van der Waals surface area contributed by atoms with E-state index in [1.165, 1.54) is 12.4 Å². The first-order valence-electron chi connectivity index (χ1n) is 11.6. The molecule has 10 heteroatoms. The third kappa shape index (κ3) is 6.86. The van der Waals surface area contributed by atoms with E-state index in [4.69, 9.17) is 10.5 Å². The van der Waals surface area contributed by atoms with Gasteiger partial charge >= 0.3 is 0 Å². The number of fused-ring (bicyclic) bond motifs is 1. The zero-order valence-electron chi connectivity index (χ0n) is 20.9. The molecular formula is C27H29N8O2+. The summed E-state index contributed by atoms with van der Waals surface area (Å²) in [5.41, 5.74) is 8.60. The quantitative estimate of drug-likeness (QED) is 0.181. The van der Waals surface area contributed by atoms with Gasteiger partial charge in [-0.15, -0.1) is 4.98 Å². The van der Waals surface area contributed by atoms with Crippen molar-refractivity contribution in [1.82, 2.24) is 14.9 Å². The number of benzene rings is 2. The third-order valence-corrected chi connectivity index (χ3v) is 5.28. The van der Waals surface area contributed by atoms with Crippen molar-refractivity contribution in [1.29, 1.82) is 0 Å². The van der Waals surface area contributed by atoms with Gasteiger partial charge in [0.2, 0.25) is 18.1 Å². The summed E-state index contributed by atoms with van der Waals surface area (Å²) >= 11 is 0. The van der Waals surface area contributed by atoms with Gasteiger partial charge in [0.1, 0.15) is 11.5 Å². The number of hydrogen-bond donors (Lipinski definition) is 3. The van der Waals surface area contributed by atoms with Crippen molar-refractivity contribution in [2.24, 2.45) is 10.7 Å². The van der Waals surface area contributed by atoms with Crippen LogP contribution in [0.1, 0.15) is 5.56 Å². The molecule has 4 rings (SSSR count). The van der Waals surface area contributed by atoms with Gasteiger partial charge in [0.25, 0.3) is 0 Å². The SMILES string of the molecule is Cc1cc(Nc2[nH+]cnc3ccc(NC(=O)/C=C/CN(C)C)cc23)ccc1Oc1ccnc(N=CN)c1. The zero-order valence-corrected chi connectivity index (χ0v) is 20.9. The molecule has 2 heterocycles. The molecule has 0 bridgehead atoms. The molecule has 0 aliphatic carbocycles. The molecule has 4 aromatic rings. The first-order chi connectivity index (χ1) is 17.9. The number of carbonyl (C=O) groups excluding carboxylic acids is 1. The summed E-state index contributed by atoms with van der Waals surface area (Å²) in [6.07, 6.45) is 7.78. The van der Waals surface area contributed by atoms with Crippen molar-refractivity contribution >= 4 is 46.2 Å². The van der Waals surface area contributed by atoms with Gasteiger partial charge in [0.05, 0.1) is 17.4 Å². The van der Waals surface area contributed by atoms with Crippen molar-refractivity contribution in [3.8, 4) is 11.5 Å². The van der Waals surface area contributed by atoms with Crippen LogP contribution in [0, 0.1) is 6.92 Å². The van der Waals surface area contributed by atoms with Crippen LogP contribution in [0.4, 0.5) is 23.0 Å². The average Bonchev–Trinajstić information content (AvgIpc) is 2.86. The number of aliphatic imine (C=N–C) groups is 1. The summed E-state index contributed by atoms with van der Waals surface area (Å²) in [6, 6.07) is 14.8. The third-order valence-electron chi connectivity index (χ3n) is 5.28. The topological polar surface area (TPSA) is 132 Å². The number of nitrogens with one attached hydrogen (secondary N) is 3. The number of nitrogens with two attached hydrogens (primary N) is 1. The monoisotopic (exact) mass is 497 g/mol. The fourth-order valence-corrected chi connectivity index (χ4v) is 3.55. The van der Waals surface area contributed by atoms with E-state index in [0.29, 0.717) is 29.5 Å². The van der Waals surface area contributed by atoms with E-state index in [1.54, 1.807) is 24.7 Å². The first kappa shape index (κ1) is 25.3. The van der Waals surface area contributed by atoms with Gasteiger partial charge in [0.15, 0.2) is 11.3 Å². The number of anilines is 3. The Kier molecular flexibility index (Phi) is 8.01. The van der Waals surface area contributed by atoms with Crippen molar-refractivity contribution < 1.29 is 14.5 Å². The molecule has 0 fully saturated rings. The van der Waals surface area contributed by atoms with Gasteiger partial charge < -0.3 is 20.7 Å². The fraction of sp³-hybridized carbons (Fsp3) is 0.148. The molecule has 10 nitrogen and oxygen atoms in total. The molecule has 0 aliphatic rings. The minimum absolute atomic E-state index is 0.189. The highest BCUT2D eigenvalue weighted by molar-refractivity contribution is 6.01. The molecule has 0 saturated heterocycles. The molecule has 0 aliphatic heterocycles. The minimum atomic E-state index is -0.189. The van der Waals surface area contributed by atoms with E-state index >= 15 is 0 Å². The van der Waals surface area contributed by atoms with Crippen molar-refractivity contribution in [2.75, 3.05) is 31.3 Å². The van der Waals surface area contributed by atoms with Crippen LogP contribution in [0.25, 0.3) is 10.9 Å². The van der Waals surface area contributed by atoms with Crippen molar-refractivity contribution in [3.63, 3.8) is 0 Å². The van der Waals surface area contributed by atoms with Gasteiger partial charge in [-0.25, -0.2) is 15.0 Å². The molecule has 0 unspecified atom stereocenters. The Morgan fingerprint density at radius 1 is 1.14 bits per heavy atom. The standard InChI is InChI=1S/C27H28N8O2/c1-18-13-19(7-9-24(18)37-21-10-11-29-25(15-21)30-16-28)34-27-22-14-20(6-8-23(22)31-17-32-27)33-26(36)5-4-12-35(2)3/h4-11,13-17H,12H2,1-3H3,(H,33,36)(H2,28,29,30)(H,31,32,34)/p+1/b5-4+. The lowest BCUT2D eigenvalue weighted by Gasteiger charge is -2.11. The maximum absolute atomic E-state index is 12.3. The average molecular weight is 498 g/mol. The van der Waals surface area contributed by atoms with E-state index in [2.05, 4.69) is 30.6 Å². The summed E-state index contributed by atoms with van der Waals surface area (Å²) in [5, 5.41) is 7.14. The number of aromatic amines is 1. The second-order valence-corrected chi connectivity index (χ2v) is 8.50. The number of aromatic nitrogens is 3. The second kappa shape index (κ2) is 11.7. The van der Waals surface area contributed by atoms with Crippen LogP contribution in [0.15, 0.2) is 78.2 Å². The highest BCUT2D eigenvalue weighted by atomic mass is 16.5. The lowest BCUT2D eigenvalue weighted by Crippen LogP contribution is -2.13. The number of likely N-dealkylation sites (N-methyl/N-ethyl adjacent to an activating group) is 1. The maximum Gasteiger partial charge on any atom is 0.248 e. The van der Waals surface area contributed by atoms with Crippen molar-refractivity contribution in [2.45, 2.75) is 6.92 Å². The van der Waals surface area contributed by atoms with Gasteiger partial charge in [-0.2, -0.15) is 0 Å². The molecule has 37 heavy (non-hydrogen) atoms. The smallest absolute Gasteiger partial charge is 0.248 e. The normalized spacial score (nSPS) is 11.5. The molecule has 188 valence electrons. The molecule has 2 aromatic heterocycles. The van der Waals surface area contributed by atoms with E-state index in [9.17, 15) is 4.79 Å². The summed E-state index contributed by atoms with van der Waals surface area (Å²) in [4.78, 5) is 29.9. The Bertz CT molecular complexity index is 1470. The molecule has 5 N–H and O–H groups in total. The molecule has 0 spiro atoms. The van der Waals surface area contributed by atoms with Crippen molar-refractivity contribution in [3.05, 3.63) is 78.8 Å². The van der Waals surface area contributed by atoms with Crippen LogP contribution in [0.5, 0.6) is 11.5 Å². The zero-order chi connectivity index (χ0) is 26.2. The Hall–Kier alpha value is -4.83. The lowest BCUT2D eigenvalue weighted by atomic mass is 10.1. The van der Waals surface area contributed by atoms with E-state index in [-0.39, 0.29) is 5.91 Å². The molecular weight excluding hydrogens is 468 g/mol. The lowest BCUT2D eigenvalue weighted by molar-refractivity contribution is -0.363. The Morgan fingerprint density at radius 3 is 2.76 bits per heavy atom. The van der Waals surface area contributed by atoms with Crippen LogP contribution in [-0.2, 0) is 4.79 Å². The highest BCUT2D eigenvalue weighted by Gasteiger charge is 2.13. The number of ether oxygens (including phenoxy) is 1. The molecule has 0 saturated carbocycles. The van der Waals surface area contributed by atoms with E-state index < -0.39 is 0 Å². The predicted molar refractivity (Wildman–Crippen MR) is 146 cm³/mol. The van der Waals surface area contributed by atoms with Gasteiger partial charge in [-0.05, 0) is 69.0 Å². The second-order valence-electron chi connectivity index (χ2n) is 8.50. The number of pyridine rings is 1.